The first-order chi connectivity index (χ1) is 31.2. The highest BCUT2D eigenvalue weighted by Crippen LogP contribution is 2.44. The van der Waals surface area contributed by atoms with Gasteiger partial charge in [-0.25, -0.2) is 4.98 Å². The SMILES string of the molecule is C1=CC(C2NC(c3ccccc3)=C(c3ccccc3)N2c2ccc(-c3cc(-c4ccc5ccccc5c4)c4cc(-c5ccc6ccccc6c5)c5ccccc5c4n3)cc2)=CCC1. The normalized spacial score (nSPS) is 15.1. The number of rotatable bonds is 7. The highest BCUT2D eigenvalue weighted by Gasteiger charge is 2.35. The third kappa shape index (κ3) is 6.57. The fraction of sp³-hybridized carbons (Fsp3) is 0.0500. The Bertz CT molecular complexity index is 3470. The van der Waals surface area contributed by atoms with E-state index in [4.69, 9.17) is 4.98 Å². The lowest BCUT2D eigenvalue weighted by atomic mass is 9.90. The Balaban J connectivity index is 1.04. The standard InChI is InChI=1S/C60H43N3/c1-4-18-43(19-5-1)57-59(44-20-6-2-7-21-44)63(60(62-57)45-22-8-3-9-23-45)50-34-32-42(33-35-50)56-39-54(49-31-29-41-17-11-13-25-47(41)37-49)55-38-53(51-26-14-15-27-52(51)58(55)61-56)48-30-28-40-16-10-12-24-46(40)36-48/h1-2,4-8,10-39,60,62H,3,9H2. The zero-order valence-electron chi connectivity index (χ0n) is 34.7. The Kier molecular flexibility index (Phi) is 9.04. The number of nitrogens with zero attached hydrogens (tertiary/aromatic N) is 2. The van der Waals surface area contributed by atoms with Crippen molar-refractivity contribution < 1.29 is 0 Å². The van der Waals surface area contributed by atoms with Crippen LogP contribution < -0.4 is 10.2 Å². The summed E-state index contributed by atoms with van der Waals surface area (Å²) < 4.78 is 0. The van der Waals surface area contributed by atoms with Crippen LogP contribution in [0.1, 0.15) is 24.0 Å². The number of fused-ring (bicyclic) bond motifs is 5. The fourth-order valence-corrected chi connectivity index (χ4v) is 9.76. The quantitative estimate of drug-likeness (QED) is 0.163. The molecule has 0 bridgehead atoms. The maximum Gasteiger partial charge on any atom is 0.130 e. The van der Waals surface area contributed by atoms with Crippen LogP contribution >= 0.6 is 0 Å². The average Bonchev–Trinajstić information content (AvgIpc) is 3.77. The van der Waals surface area contributed by atoms with Gasteiger partial charge >= 0.3 is 0 Å². The van der Waals surface area contributed by atoms with E-state index < -0.39 is 0 Å². The molecule has 63 heavy (non-hydrogen) atoms. The molecule has 1 atom stereocenters. The first kappa shape index (κ1) is 36.8. The lowest BCUT2D eigenvalue weighted by molar-refractivity contribution is 0.726. The summed E-state index contributed by atoms with van der Waals surface area (Å²) in [6.45, 7) is 0. The van der Waals surface area contributed by atoms with Gasteiger partial charge in [0.25, 0.3) is 0 Å². The summed E-state index contributed by atoms with van der Waals surface area (Å²) in [4.78, 5) is 8.07. The van der Waals surface area contributed by atoms with Crippen molar-refractivity contribution in [1.29, 1.82) is 0 Å². The second-order valence-corrected chi connectivity index (χ2v) is 16.6. The van der Waals surface area contributed by atoms with Crippen LogP contribution in [0.25, 0.3) is 88.1 Å². The molecule has 3 nitrogen and oxygen atoms in total. The second-order valence-electron chi connectivity index (χ2n) is 16.6. The number of hydrogen-bond acceptors (Lipinski definition) is 3. The molecule has 3 heteroatoms. The van der Waals surface area contributed by atoms with E-state index in [2.05, 4.69) is 235 Å². The van der Waals surface area contributed by atoms with E-state index in [0.29, 0.717) is 0 Å². The van der Waals surface area contributed by atoms with Gasteiger partial charge in [-0.1, -0.05) is 188 Å². The largest absolute Gasteiger partial charge is 0.359 e. The van der Waals surface area contributed by atoms with Crippen molar-refractivity contribution >= 4 is 60.3 Å². The summed E-state index contributed by atoms with van der Waals surface area (Å²) in [5.41, 5.74) is 14.8. The molecule has 9 aromatic carbocycles. The number of anilines is 1. The van der Waals surface area contributed by atoms with Crippen molar-refractivity contribution in [1.82, 2.24) is 10.3 Å². The van der Waals surface area contributed by atoms with Crippen LogP contribution in [0.15, 0.2) is 230 Å². The van der Waals surface area contributed by atoms with E-state index >= 15 is 0 Å². The molecule has 2 heterocycles. The smallest absolute Gasteiger partial charge is 0.130 e. The molecule has 1 N–H and O–H groups in total. The van der Waals surface area contributed by atoms with Gasteiger partial charge in [-0.15, -0.1) is 0 Å². The minimum Gasteiger partial charge on any atom is -0.359 e. The Hall–Kier alpha value is -8.01. The zero-order valence-corrected chi connectivity index (χ0v) is 34.7. The molecule has 0 radical (unpaired) electrons. The number of benzene rings is 9. The minimum absolute atomic E-state index is 0.0701. The Labute approximate surface area is 367 Å². The predicted octanol–water partition coefficient (Wildman–Crippen LogP) is 15.2. The molecule has 1 unspecified atom stereocenters. The zero-order chi connectivity index (χ0) is 41.7. The van der Waals surface area contributed by atoms with Crippen molar-refractivity contribution in [2.45, 2.75) is 19.0 Å². The molecule has 1 aliphatic heterocycles. The summed E-state index contributed by atoms with van der Waals surface area (Å²) in [7, 11) is 0. The first-order valence-electron chi connectivity index (χ1n) is 22.0. The molecule has 10 aromatic rings. The van der Waals surface area contributed by atoms with Crippen LogP contribution in [-0.2, 0) is 0 Å². The molecular weight excluding hydrogens is 763 g/mol. The van der Waals surface area contributed by atoms with Crippen molar-refractivity contribution in [3.63, 3.8) is 0 Å². The van der Waals surface area contributed by atoms with Crippen LogP contribution in [-0.4, -0.2) is 11.1 Å². The number of pyridine rings is 1. The summed E-state index contributed by atoms with van der Waals surface area (Å²) >= 11 is 0. The number of allylic oxidation sites excluding steroid dienone is 2. The minimum atomic E-state index is -0.0701. The van der Waals surface area contributed by atoms with Gasteiger partial charge in [-0.3, -0.25) is 0 Å². The van der Waals surface area contributed by atoms with E-state index in [1.54, 1.807) is 0 Å². The Morgan fingerprint density at radius 1 is 0.444 bits per heavy atom. The van der Waals surface area contributed by atoms with Crippen LogP contribution in [0, 0.1) is 0 Å². The molecular formula is C60H43N3. The van der Waals surface area contributed by atoms with Gasteiger partial charge in [0.2, 0.25) is 0 Å². The van der Waals surface area contributed by atoms with Crippen LogP contribution in [0.2, 0.25) is 0 Å². The average molecular weight is 806 g/mol. The predicted molar refractivity (Wildman–Crippen MR) is 266 cm³/mol. The Morgan fingerprint density at radius 2 is 1.02 bits per heavy atom. The van der Waals surface area contributed by atoms with E-state index in [1.165, 1.54) is 65.9 Å². The molecule has 1 aliphatic carbocycles. The molecule has 0 amide bonds. The lowest BCUT2D eigenvalue weighted by Gasteiger charge is -2.31. The summed E-state index contributed by atoms with van der Waals surface area (Å²) in [6, 6.07) is 74.9. The first-order valence-corrected chi connectivity index (χ1v) is 22.0. The van der Waals surface area contributed by atoms with Gasteiger partial charge in [-0.05, 0) is 110 Å². The van der Waals surface area contributed by atoms with Crippen LogP contribution in [0.5, 0.6) is 0 Å². The maximum absolute atomic E-state index is 5.58. The monoisotopic (exact) mass is 805 g/mol. The third-order valence-electron chi connectivity index (χ3n) is 12.8. The highest BCUT2D eigenvalue weighted by molar-refractivity contribution is 6.17. The van der Waals surface area contributed by atoms with Gasteiger partial charge in [0.15, 0.2) is 0 Å². The van der Waals surface area contributed by atoms with Gasteiger partial charge in [0, 0.05) is 27.6 Å². The molecule has 0 fully saturated rings. The number of nitrogens with one attached hydrogen (secondary N) is 1. The van der Waals surface area contributed by atoms with Crippen LogP contribution in [0.3, 0.4) is 0 Å². The van der Waals surface area contributed by atoms with E-state index in [0.717, 1.165) is 57.5 Å². The van der Waals surface area contributed by atoms with Crippen LogP contribution in [0.4, 0.5) is 5.69 Å². The molecule has 0 spiro atoms. The van der Waals surface area contributed by atoms with Crippen molar-refractivity contribution in [3.8, 4) is 33.5 Å². The Morgan fingerprint density at radius 3 is 1.67 bits per heavy atom. The topological polar surface area (TPSA) is 28.2 Å². The fourth-order valence-electron chi connectivity index (χ4n) is 9.76. The van der Waals surface area contributed by atoms with E-state index in [1.807, 2.05) is 0 Å². The highest BCUT2D eigenvalue weighted by atomic mass is 15.3. The second kappa shape index (κ2) is 15.5. The number of hydrogen-bond donors (Lipinski definition) is 1. The van der Waals surface area contributed by atoms with Crippen molar-refractivity contribution in [2.24, 2.45) is 0 Å². The molecule has 0 saturated heterocycles. The van der Waals surface area contributed by atoms with Crippen molar-refractivity contribution in [3.05, 3.63) is 241 Å². The molecule has 0 saturated carbocycles. The van der Waals surface area contributed by atoms with Gasteiger partial charge in [-0.2, -0.15) is 0 Å². The maximum atomic E-state index is 5.58. The third-order valence-corrected chi connectivity index (χ3v) is 12.8. The van der Waals surface area contributed by atoms with Crippen molar-refractivity contribution in [2.75, 3.05) is 4.90 Å². The molecule has 298 valence electrons. The van der Waals surface area contributed by atoms with Gasteiger partial charge in [0.1, 0.15) is 6.17 Å². The summed E-state index contributed by atoms with van der Waals surface area (Å²) in [5.74, 6) is 0. The summed E-state index contributed by atoms with van der Waals surface area (Å²) in [5, 5.41) is 12.4. The summed E-state index contributed by atoms with van der Waals surface area (Å²) in [6.07, 6.45) is 9.01. The molecule has 2 aliphatic rings. The molecule has 1 aromatic heterocycles. The molecule has 12 rings (SSSR count). The van der Waals surface area contributed by atoms with Gasteiger partial charge in [0.05, 0.1) is 22.6 Å². The lowest BCUT2D eigenvalue weighted by Crippen LogP contribution is -2.38. The van der Waals surface area contributed by atoms with Gasteiger partial charge < -0.3 is 10.2 Å². The van der Waals surface area contributed by atoms with E-state index in [9.17, 15) is 0 Å². The van der Waals surface area contributed by atoms with E-state index in [-0.39, 0.29) is 6.17 Å². The number of aromatic nitrogens is 1.